The second-order valence-electron chi connectivity index (χ2n) is 6.32. The molecule has 1 atom stereocenters. The fraction of sp³-hybridized carbons (Fsp3) is 0.316. The predicted molar refractivity (Wildman–Crippen MR) is 103 cm³/mol. The first-order valence-electron chi connectivity index (χ1n) is 8.68. The highest BCUT2D eigenvalue weighted by molar-refractivity contribution is 7.16. The number of benzene rings is 1. The van der Waals surface area contributed by atoms with Crippen LogP contribution in [0.4, 0.5) is 5.13 Å². The number of hydrogen-bond donors (Lipinski definition) is 1. The number of anilines is 1. The van der Waals surface area contributed by atoms with E-state index >= 15 is 0 Å². The maximum absolute atomic E-state index is 12.6. The van der Waals surface area contributed by atoms with Gasteiger partial charge in [0.15, 0.2) is 22.7 Å². The summed E-state index contributed by atoms with van der Waals surface area (Å²) < 4.78 is 12.9. The van der Waals surface area contributed by atoms with Crippen molar-refractivity contribution in [3.63, 3.8) is 0 Å². The van der Waals surface area contributed by atoms with Crippen molar-refractivity contribution in [1.82, 2.24) is 14.8 Å². The van der Waals surface area contributed by atoms with E-state index in [0.717, 1.165) is 24.1 Å². The molecule has 0 radical (unpaired) electrons. The number of aryl methyl sites for hydroxylation is 2. The Kier molecular flexibility index (Phi) is 4.57. The Labute approximate surface area is 161 Å². The standard InChI is InChI=1S/C19H20N4O3S/c1-11(26-15-7-5-4-6-14(15)25-3)18(24)22-19-21-17-12-10-20-23(2)13(12)8-9-16(17)27-19/h4-7,10-11H,8-9H2,1-3H3,(H,21,22,24). The summed E-state index contributed by atoms with van der Waals surface area (Å²) in [5.41, 5.74) is 3.15. The minimum atomic E-state index is -0.684. The predicted octanol–water partition coefficient (Wildman–Crippen LogP) is 3.06. The van der Waals surface area contributed by atoms with E-state index in [1.54, 1.807) is 26.2 Å². The average molecular weight is 384 g/mol. The Morgan fingerprint density at radius 3 is 2.85 bits per heavy atom. The lowest BCUT2D eigenvalue weighted by Crippen LogP contribution is -2.30. The minimum absolute atomic E-state index is 0.251. The smallest absolute Gasteiger partial charge is 0.266 e. The normalized spacial score (nSPS) is 13.4. The molecule has 8 heteroatoms. The summed E-state index contributed by atoms with van der Waals surface area (Å²) in [4.78, 5) is 18.3. The van der Waals surface area contributed by atoms with Gasteiger partial charge in [-0.1, -0.05) is 12.1 Å². The fourth-order valence-corrected chi connectivity index (χ4v) is 4.12. The number of fused-ring (bicyclic) bond motifs is 3. The molecule has 0 fully saturated rings. The second kappa shape index (κ2) is 7.03. The highest BCUT2D eigenvalue weighted by atomic mass is 32.1. The van der Waals surface area contributed by atoms with Gasteiger partial charge in [0, 0.05) is 23.2 Å². The molecule has 1 aliphatic carbocycles. The molecule has 1 N–H and O–H groups in total. The fourth-order valence-electron chi connectivity index (χ4n) is 3.14. The maximum Gasteiger partial charge on any atom is 0.266 e. The van der Waals surface area contributed by atoms with Crippen molar-refractivity contribution in [2.75, 3.05) is 12.4 Å². The molecule has 4 rings (SSSR count). The van der Waals surface area contributed by atoms with Crippen molar-refractivity contribution in [1.29, 1.82) is 0 Å². The molecule has 2 aromatic heterocycles. The van der Waals surface area contributed by atoms with Crippen molar-refractivity contribution in [2.24, 2.45) is 7.05 Å². The monoisotopic (exact) mass is 384 g/mol. The molecule has 0 spiro atoms. The Hall–Kier alpha value is -2.87. The van der Waals surface area contributed by atoms with Crippen LogP contribution in [0.15, 0.2) is 30.5 Å². The first-order chi connectivity index (χ1) is 13.1. The second-order valence-corrected chi connectivity index (χ2v) is 7.40. The molecular formula is C19H20N4O3S. The number of thiazole rings is 1. The lowest BCUT2D eigenvalue weighted by atomic mass is 10.0. The third-order valence-electron chi connectivity index (χ3n) is 4.58. The van der Waals surface area contributed by atoms with Crippen LogP contribution in [-0.2, 0) is 24.7 Å². The zero-order valence-electron chi connectivity index (χ0n) is 15.4. The van der Waals surface area contributed by atoms with Gasteiger partial charge in [0.25, 0.3) is 5.91 Å². The largest absolute Gasteiger partial charge is 0.493 e. The summed E-state index contributed by atoms with van der Waals surface area (Å²) in [6, 6.07) is 7.25. The summed E-state index contributed by atoms with van der Waals surface area (Å²) in [5, 5.41) is 7.77. The quantitative estimate of drug-likeness (QED) is 0.731. The maximum atomic E-state index is 12.6. The Balaban J connectivity index is 1.48. The van der Waals surface area contributed by atoms with E-state index in [2.05, 4.69) is 15.4 Å². The van der Waals surface area contributed by atoms with Gasteiger partial charge in [-0.2, -0.15) is 5.10 Å². The lowest BCUT2D eigenvalue weighted by molar-refractivity contribution is -0.122. The van der Waals surface area contributed by atoms with Crippen molar-refractivity contribution in [3.05, 3.63) is 41.0 Å². The molecule has 1 unspecified atom stereocenters. The number of methoxy groups -OCH3 is 1. The zero-order chi connectivity index (χ0) is 19.0. The number of amides is 1. The number of carbonyl (C=O) groups is 1. The van der Waals surface area contributed by atoms with E-state index in [9.17, 15) is 4.79 Å². The molecule has 140 valence electrons. The summed E-state index contributed by atoms with van der Waals surface area (Å²) in [6.07, 6.45) is 2.99. The van der Waals surface area contributed by atoms with Crippen molar-refractivity contribution >= 4 is 22.4 Å². The highest BCUT2D eigenvalue weighted by Crippen LogP contribution is 2.38. The first kappa shape index (κ1) is 17.5. The van der Waals surface area contributed by atoms with Gasteiger partial charge in [-0.3, -0.25) is 14.8 Å². The minimum Gasteiger partial charge on any atom is -0.493 e. The van der Waals surface area contributed by atoms with Crippen LogP contribution in [0.2, 0.25) is 0 Å². The van der Waals surface area contributed by atoms with Crippen LogP contribution in [0, 0.1) is 0 Å². The lowest BCUT2D eigenvalue weighted by Gasteiger charge is -2.15. The first-order valence-corrected chi connectivity index (χ1v) is 9.50. The Morgan fingerprint density at radius 1 is 1.30 bits per heavy atom. The molecule has 0 saturated carbocycles. The molecule has 1 aliphatic rings. The number of carbonyl (C=O) groups excluding carboxylic acids is 1. The number of rotatable bonds is 5. The van der Waals surface area contributed by atoms with E-state index < -0.39 is 6.10 Å². The SMILES string of the molecule is COc1ccccc1OC(C)C(=O)Nc1nc2c(s1)CCc1c-2cnn1C. The number of para-hydroxylation sites is 2. The van der Waals surface area contributed by atoms with Gasteiger partial charge in [0.1, 0.15) is 0 Å². The van der Waals surface area contributed by atoms with E-state index in [-0.39, 0.29) is 5.91 Å². The summed E-state index contributed by atoms with van der Waals surface area (Å²) in [7, 11) is 3.51. The van der Waals surface area contributed by atoms with Gasteiger partial charge in [0.05, 0.1) is 19.0 Å². The molecule has 2 heterocycles. The molecule has 3 aromatic rings. The topological polar surface area (TPSA) is 78.3 Å². The molecule has 0 aliphatic heterocycles. The van der Waals surface area contributed by atoms with E-state index in [4.69, 9.17) is 9.47 Å². The molecule has 0 bridgehead atoms. The van der Waals surface area contributed by atoms with E-state index in [1.165, 1.54) is 21.9 Å². The zero-order valence-corrected chi connectivity index (χ0v) is 16.2. The summed E-state index contributed by atoms with van der Waals surface area (Å²) >= 11 is 1.51. The van der Waals surface area contributed by atoms with Crippen LogP contribution < -0.4 is 14.8 Å². The van der Waals surface area contributed by atoms with Crippen LogP contribution in [-0.4, -0.2) is 33.9 Å². The molecule has 27 heavy (non-hydrogen) atoms. The van der Waals surface area contributed by atoms with Crippen LogP contribution >= 0.6 is 11.3 Å². The molecule has 1 amide bonds. The van der Waals surface area contributed by atoms with Gasteiger partial charge in [-0.15, -0.1) is 11.3 Å². The molecule has 1 aromatic carbocycles. The van der Waals surface area contributed by atoms with Gasteiger partial charge in [0.2, 0.25) is 0 Å². The number of nitrogens with one attached hydrogen (secondary N) is 1. The molecular weight excluding hydrogens is 364 g/mol. The van der Waals surface area contributed by atoms with Crippen molar-refractivity contribution in [3.8, 4) is 22.8 Å². The van der Waals surface area contributed by atoms with E-state index in [1.807, 2.05) is 30.1 Å². The molecule has 7 nitrogen and oxygen atoms in total. The van der Waals surface area contributed by atoms with E-state index in [0.29, 0.717) is 16.6 Å². The van der Waals surface area contributed by atoms with Gasteiger partial charge in [-0.25, -0.2) is 4.98 Å². The third kappa shape index (κ3) is 3.28. The van der Waals surface area contributed by atoms with Crippen LogP contribution in [0.5, 0.6) is 11.5 Å². The number of ether oxygens (including phenoxy) is 2. The summed E-state index contributed by atoms with van der Waals surface area (Å²) in [5.74, 6) is 0.866. The summed E-state index contributed by atoms with van der Waals surface area (Å²) in [6.45, 7) is 1.70. The number of hydrogen-bond acceptors (Lipinski definition) is 6. The van der Waals surface area contributed by atoms with Crippen LogP contribution in [0.25, 0.3) is 11.3 Å². The number of aromatic nitrogens is 3. The highest BCUT2D eigenvalue weighted by Gasteiger charge is 2.25. The number of nitrogens with zero attached hydrogens (tertiary/aromatic N) is 3. The van der Waals surface area contributed by atoms with Gasteiger partial charge < -0.3 is 9.47 Å². The van der Waals surface area contributed by atoms with Crippen LogP contribution in [0.1, 0.15) is 17.5 Å². The van der Waals surface area contributed by atoms with Crippen molar-refractivity contribution < 1.29 is 14.3 Å². The Morgan fingerprint density at radius 2 is 2.07 bits per heavy atom. The van der Waals surface area contributed by atoms with Crippen LogP contribution in [0.3, 0.4) is 0 Å². The third-order valence-corrected chi connectivity index (χ3v) is 5.61. The van der Waals surface area contributed by atoms with Crippen molar-refractivity contribution in [2.45, 2.75) is 25.9 Å². The molecule has 0 saturated heterocycles. The Bertz CT molecular complexity index is 995. The average Bonchev–Trinajstić information content (AvgIpc) is 3.25. The van der Waals surface area contributed by atoms with Gasteiger partial charge >= 0.3 is 0 Å². The van der Waals surface area contributed by atoms with Gasteiger partial charge in [-0.05, 0) is 31.9 Å².